The molecule has 4 rings (SSSR count). The molecule has 32 heavy (non-hydrogen) atoms. The molecule has 2 aromatic carbocycles. The van der Waals surface area contributed by atoms with E-state index >= 15 is 0 Å². The van der Waals surface area contributed by atoms with Crippen molar-refractivity contribution in [3.8, 4) is 0 Å². The maximum absolute atomic E-state index is 13.0. The van der Waals surface area contributed by atoms with E-state index in [1.165, 1.54) is 4.90 Å². The van der Waals surface area contributed by atoms with Gasteiger partial charge in [0, 0.05) is 30.0 Å². The lowest BCUT2D eigenvalue weighted by Crippen LogP contribution is -2.55. The number of anilines is 2. The maximum Gasteiger partial charge on any atom is 0.259 e. The molecule has 10 heteroatoms. The number of benzene rings is 2. The van der Waals surface area contributed by atoms with Crippen molar-refractivity contribution in [2.24, 2.45) is 5.73 Å². The number of carbonyl (C=O) groups is 3. The fourth-order valence-electron chi connectivity index (χ4n) is 3.72. The van der Waals surface area contributed by atoms with Crippen LogP contribution in [-0.4, -0.2) is 54.0 Å². The fourth-order valence-corrected chi connectivity index (χ4v) is 3.72. The number of ether oxygens (including phenoxy) is 1. The van der Waals surface area contributed by atoms with E-state index in [9.17, 15) is 19.5 Å². The molecule has 1 saturated heterocycles. The van der Waals surface area contributed by atoms with Gasteiger partial charge in [-0.2, -0.15) is 0 Å². The van der Waals surface area contributed by atoms with Crippen LogP contribution in [0.2, 0.25) is 0 Å². The van der Waals surface area contributed by atoms with E-state index in [1.807, 2.05) is 6.07 Å². The van der Waals surface area contributed by atoms with E-state index in [0.29, 0.717) is 23.5 Å². The van der Waals surface area contributed by atoms with Gasteiger partial charge in [0.05, 0.1) is 13.0 Å². The lowest BCUT2D eigenvalue weighted by atomic mass is 9.99. The summed E-state index contributed by atoms with van der Waals surface area (Å²) in [5.74, 6) is -1.51. The van der Waals surface area contributed by atoms with Crippen LogP contribution in [0.25, 0.3) is 0 Å². The van der Waals surface area contributed by atoms with Crippen molar-refractivity contribution in [1.29, 1.82) is 5.41 Å². The quantitative estimate of drug-likeness (QED) is 0.324. The lowest BCUT2D eigenvalue weighted by molar-refractivity contribution is -0.150. The number of carbonyl (C=O) groups excluding carboxylic acids is 3. The highest BCUT2D eigenvalue weighted by Gasteiger charge is 2.39. The number of aliphatic hydroxyl groups excluding tert-OH is 1. The van der Waals surface area contributed by atoms with Crippen molar-refractivity contribution >= 4 is 34.9 Å². The molecule has 0 spiro atoms. The molecule has 1 unspecified atom stereocenters. The summed E-state index contributed by atoms with van der Waals surface area (Å²) in [5.41, 5.74) is 8.70. The van der Waals surface area contributed by atoms with Gasteiger partial charge in [0.15, 0.2) is 12.2 Å². The fraction of sp³-hybridized carbons (Fsp3) is 0.273. The van der Waals surface area contributed by atoms with Crippen LogP contribution in [0.4, 0.5) is 11.4 Å². The van der Waals surface area contributed by atoms with E-state index in [4.69, 9.17) is 15.9 Å². The van der Waals surface area contributed by atoms with Gasteiger partial charge < -0.3 is 31.1 Å². The molecule has 0 aliphatic carbocycles. The predicted molar refractivity (Wildman–Crippen MR) is 116 cm³/mol. The zero-order chi connectivity index (χ0) is 22.8. The van der Waals surface area contributed by atoms with Gasteiger partial charge in [-0.25, -0.2) is 0 Å². The first-order valence-corrected chi connectivity index (χ1v) is 10.1. The zero-order valence-corrected chi connectivity index (χ0v) is 17.1. The molecule has 2 heterocycles. The van der Waals surface area contributed by atoms with Crippen LogP contribution in [0.1, 0.15) is 16.7 Å². The molecule has 166 valence electrons. The third-order valence-electron chi connectivity index (χ3n) is 5.47. The average Bonchev–Trinajstić information content (AvgIpc) is 2.78. The number of amides is 3. The Balaban J connectivity index is 1.46. The minimum Gasteiger partial charge on any atom is -0.384 e. The van der Waals surface area contributed by atoms with Gasteiger partial charge in [-0.05, 0) is 47.5 Å². The van der Waals surface area contributed by atoms with E-state index in [2.05, 4.69) is 10.6 Å². The van der Waals surface area contributed by atoms with Crippen LogP contribution in [0, 0.1) is 5.41 Å². The summed E-state index contributed by atoms with van der Waals surface area (Å²) in [7, 11) is 0. The first-order valence-electron chi connectivity index (χ1n) is 10.1. The molecular formula is C22H23N5O5. The van der Waals surface area contributed by atoms with Gasteiger partial charge in [0.25, 0.3) is 11.8 Å². The Morgan fingerprint density at radius 2 is 1.97 bits per heavy atom. The monoisotopic (exact) mass is 437 g/mol. The van der Waals surface area contributed by atoms with Gasteiger partial charge >= 0.3 is 0 Å². The lowest BCUT2D eigenvalue weighted by Gasteiger charge is -2.34. The summed E-state index contributed by atoms with van der Waals surface area (Å²) in [6.45, 7) is 0.854. The Kier molecular flexibility index (Phi) is 5.89. The topological polar surface area (TPSA) is 158 Å². The average molecular weight is 437 g/mol. The molecule has 0 bridgehead atoms. The number of rotatable bonds is 5. The molecule has 2 aliphatic heterocycles. The van der Waals surface area contributed by atoms with Gasteiger partial charge in [0.2, 0.25) is 5.91 Å². The van der Waals surface area contributed by atoms with Crippen LogP contribution in [-0.2, 0) is 32.1 Å². The highest BCUT2D eigenvalue weighted by atomic mass is 16.5. The molecule has 2 aromatic rings. The highest BCUT2D eigenvalue weighted by Crippen LogP contribution is 2.25. The first kappa shape index (κ1) is 21.5. The number of hydrogen-bond donors (Lipinski definition) is 5. The molecule has 0 aromatic heterocycles. The Bertz CT molecular complexity index is 1080. The summed E-state index contributed by atoms with van der Waals surface area (Å²) >= 11 is 0. The number of fused-ring (bicyclic) bond motifs is 1. The molecule has 2 atom stereocenters. The Labute approximate surface area is 183 Å². The second-order valence-corrected chi connectivity index (χ2v) is 7.61. The van der Waals surface area contributed by atoms with Crippen LogP contribution in [0.15, 0.2) is 42.5 Å². The number of nitrogens with one attached hydrogen (secondary N) is 3. The van der Waals surface area contributed by atoms with Crippen molar-refractivity contribution in [3.05, 3.63) is 59.2 Å². The number of morpholine rings is 1. The van der Waals surface area contributed by atoms with Crippen LogP contribution in [0.5, 0.6) is 0 Å². The summed E-state index contributed by atoms with van der Waals surface area (Å²) in [6.07, 6.45) is -2.85. The molecule has 0 saturated carbocycles. The van der Waals surface area contributed by atoms with Crippen molar-refractivity contribution in [2.75, 3.05) is 23.4 Å². The summed E-state index contributed by atoms with van der Waals surface area (Å²) in [5, 5.41) is 23.2. The van der Waals surface area contributed by atoms with E-state index < -0.39 is 24.0 Å². The third-order valence-corrected chi connectivity index (χ3v) is 5.47. The second-order valence-electron chi connectivity index (χ2n) is 7.61. The molecule has 6 N–H and O–H groups in total. The van der Waals surface area contributed by atoms with Gasteiger partial charge in [-0.3, -0.25) is 19.8 Å². The summed E-state index contributed by atoms with van der Waals surface area (Å²) < 4.78 is 5.43. The normalized spacial score (nSPS) is 19.0. The van der Waals surface area contributed by atoms with E-state index in [0.717, 1.165) is 11.1 Å². The van der Waals surface area contributed by atoms with Crippen molar-refractivity contribution in [2.45, 2.75) is 25.2 Å². The number of aliphatic hydroxyl groups is 1. The zero-order valence-electron chi connectivity index (χ0n) is 17.1. The predicted octanol–water partition coefficient (Wildman–Crippen LogP) is -0.126. The van der Waals surface area contributed by atoms with Crippen LogP contribution >= 0.6 is 0 Å². The van der Waals surface area contributed by atoms with E-state index in [1.54, 1.807) is 36.4 Å². The van der Waals surface area contributed by atoms with Crippen molar-refractivity contribution in [1.82, 2.24) is 5.32 Å². The number of amidine groups is 1. The second kappa shape index (κ2) is 8.77. The number of nitrogens with two attached hydrogens (primary N) is 1. The van der Waals surface area contributed by atoms with Crippen LogP contribution < -0.4 is 21.3 Å². The molecule has 10 nitrogen and oxygen atoms in total. The molecular weight excluding hydrogens is 414 g/mol. The smallest absolute Gasteiger partial charge is 0.259 e. The van der Waals surface area contributed by atoms with Gasteiger partial charge in [0.1, 0.15) is 5.84 Å². The Hall–Kier alpha value is -3.76. The number of hydrogen-bond acceptors (Lipinski definition) is 6. The Morgan fingerprint density at radius 3 is 2.69 bits per heavy atom. The first-order chi connectivity index (χ1) is 15.3. The minimum atomic E-state index is -1.72. The maximum atomic E-state index is 13.0. The standard InChI is InChI=1S/C22H23N5O5/c23-20(24)12-1-4-15(5-2-12)26-21(30)18(29)19-22(31)27(7-8-32-19)16-6-3-13-11-25-17(28)10-14(13)9-16/h1-6,9,18-19,29H,7-8,10-11H2,(H3,23,24)(H,25,28)(H,26,30)/t18?,19-/m1/s1. The third kappa shape index (κ3) is 4.32. The largest absolute Gasteiger partial charge is 0.384 e. The van der Waals surface area contributed by atoms with Gasteiger partial charge in [-0.1, -0.05) is 6.07 Å². The summed E-state index contributed by atoms with van der Waals surface area (Å²) in [6, 6.07) is 11.6. The molecule has 3 amide bonds. The molecule has 1 fully saturated rings. The van der Waals surface area contributed by atoms with E-state index in [-0.39, 0.29) is 31.3 Å². The SMILES string of the molecule is N=C(N)c1ccc(NC(=O)C(O)[C@H]2OCCN(c3ccc4c(c3)CC(=O)NC4)C2=O)cc1. The molecule has 2 aliphatic rings. The van der Waals surface area contributed by atoms with Crippen molar-refractivity contribution in [3.63, 3.8) is 0 Å². The highest BCUT2D eigenvalue weighted by molar-refractivity contribution is 6.04. The van der Waals surface area contributed by atoms with Gasteiger partial charge in [-0.15, -0.1) is 0 Å². The van der Waals surface area contributed by atoms with Crippen LogP contribution in [0.3, 0.4) is 0 Å². The Morgan fingerprint density at radius 1 is 1.22 bits per heavy atom. The summed E-state index contributed by atoms with van der Waals surface area (Å²) in [4.78, 5) is 38.7. The van der Waals surface area contributed by atoms with Crippen molar-refractivity contribution < 1.29 is 24.2 Å². The number of nitrogen functional groups attached to an aromatic ring is 1. The number of nitrogens with zero attached hydrogens (tertiary/aromatic N) is 1. The minimum absolute atomic E-state index is 0.0794. The molecule has 0 radical (unpaired) electrons.